The van der Waals surface area contributed by atoms with E-state index in [1.165, 1.54) is 12.1 Å². The Kier molecular flexibility index (Phi) is 4.73. The highest BCUT2D eigenvalue weighted by molar-refractivity contribution is 6.31. The fourth-order valence-corrected chi connectivity index (χ4v) is 2.47. The molecule has 0 heterocycles. The molecule has 0 amide bonds. The second-order valence-corrected chi connectivity index (χ2v) is 5.01. The molecule has 4 heteroatoms. The number of nitrogens with one attached hydrogen (secondary N) is 1. The van der Waals surface area contributed by atoms with Crippen molar-refractivity contribution >= 4 is 11.6 Å². The number of benzene rings is 2. The minimum Gasteiger partial charge on any atom is -0.306 e. The lowest BCUT2D eigenvalue weighted by atomic mass is 9.96. The Morgan fingerprint density at radius 2 is 1.85 bits per heavy atom. The predicted molar refractivity (Wildman–Crippen MR) is 78.1 cm³/mol. The van der Waals surface area contributed by atoms with Crippen molar-refractivity contribution in [1.29, 1.82) is 0 Å². The van der Waals surface area contributed by atoms with Crippen molar-refractivity contribution in [2.24, 2.45) is 0 Å². The smallest absolute Gasteiger partial charge is 0.134 e. The van der Waals surface area contributed by atoms with Crippen LogP contribution in [0, 0.1) is 18.6 Å². The highest BCUT2D eigenvalue weighted by Gasteiger charge is 2.24. The molecular weight excluding hydrogens is 280 g/mol. The van der Waals surface area contributed by atoms with Gasteiger partial charge >= 0.3 is 0 Å². The van der Waals surface area contributed by atoms with Crippen molar-refractivity contribution in [2.45, 2.75) is 19.9 Å². The molecule has 1 N–H and O–H groups in total. The van der Waals surface area contributed by atoms with Crippen LogP contribution in [0.2, 0.25) is 5.02 Å². The van der Waals surface area contributed by atoms with E-state index in [9.17, 15) is 8.78 Å². The molecule has 0 aliphatic heterocycles. The van der Waals surface area contributed by atoms with Crippen LogP contribution < -0.4 is 5.32 Å². The monoisotopic (exact) mass is 295 g/mol. The van der Waals surface area contributed by atoms with Gasteiger partial charge in [0.05, 0.1) is 6.04 Å². The summed E-state index contributed by atoms with van der Waals surface area (Å²) in [7, 11) is 0. The van der Waals surface area contributed by atoms with Gasteiger partial charge < -0.3 is 5.32 Å². The van der Waals surface area contributed by atoms with Crippen molar-refractivity contribution in [3.05, 3.63) is 69.7 Å². The third-order valence-corrected chi connectivity index (χ3v) is 3.58. The molecule has 1 atom stereocenters. The summed E-state index contributed by atoms with van der Waals surface area (Å²) >= 11 is 6.16. The Hall–Kier alpha value is -1.45. The molecule has 0 fully saturated rings. The van der Waals surface area contributed by atoms with E-state index in [0.717, 1.165) is 0 Å². The SMILES string of the molecule is CCNC(c1ccccc1Cl)c1c(F)ccc(C)c1F. The summed E-state index contributed by atoms with van der Waals surface area (Å²) in [5.41, 5.74) is 1.09. The van der Waals surface area contributed by atoms with E-state index in [1.54, 1.807) is 31.2 Å². The van der Waals surface area contributed by atoms with Gasteiger partial charge in [0.25, 0.3) is 0 Å². The molecule has 1 unspecified atom stereocenters. The number of rotatable bonds is 4. The largest absolute Gasteiger partial charge is 0.306 e. The Balaban J connectivity index is 2.61. The van der Waals surface area contributed by atoms with Crippen LogP contribution in [0.3, 0.4) is 0 Å². The average Bonchev–Trinajstić information content (AvgIpc) is 2.43. The molecule has 0 aliphatic carbocycles. The molecule has 0 aliphatic rings. The molecule has 0 radical (unpaired) electrons. The van der Waals surface area contributed by atoms with Crippen molar-refractivity contribution in [2.75, 3.05) is 6.54 Å². The van der Waals surface area contributed by atoms with Crippen LogP contribution in [-0.2, 0) is 0 Å². The Labute approximate surface area is 122 Å². The van der Waals surface area contributed by atoms with Crippen LogP contribution in [0.1, 0.15) is 29.7 Å². The number of aryl methyl sites for hydroxylation is 1. The molecule has 0 saturated heterocycles. The van der Waals surface area contributed by atoms with Gasteiger partial charge in [0.2, 0.25) is 0 Å². The summed E-state index contributed by atoms with van der Waals surface area (Å²) in [6.07, 6.45) is 0. The summed E-state index contributed by atoms with van der Waals surface area (Å²) in [5.74, 6) is -1.10. The number of hydrogen-bond donors (Lipinski definition) is 1. The van der Waals surface area contributed by atoms with Crippen LogP contribution in [0.15, 0.2) is 36.4 Å². The normalized spacial score (nSPS) is 12.4. The van der Waals surface area contributed by atoms with Gasteiger partial charge in [0.1, 0.15) is 11.6 Å². The van der Waals surface area contributed by atoms with E-state index < -0.39 is 17.7 Å². The van der Waals surface area contributed by atoms with Gasteiger partial charge in [-0.2, -0.15) is 0 Å². The van der Waals surface area contributed by atoms with Crippen LogP contribution in [0.5, 0.6) is 0 Å². The zero-order chi connectivity index (χ0) is 14.7. The van der Waals surface area contributed by atoms with Crippen LogP contribution in [0.25, 0.3) is 0 Å². The standard InChI is InChI=1S/C16H16ClF2N/c1-3-20-16(11-6-4-5-7-12(11)17)14-13(18)9-8-10(2)15(14)19/h4-9,16,20H,3H2,1-2H3. The highest BCUT2D eigenvalue weighted by atomic mass is 35.5. The Bertz CT molecular complexity index is 613. The van der Waals surface area contributed by atoms with Gasteiger partial charge in [0, 0.05) is 10.6 Å². The van der Waals surface area contributed by atoms with Crippen molar-refractivity contribution in [3.63, 3.8) is 0 Å². The van der Waals surface area contributed by atoms with E-state index in [2.05, 4.69) is 5.32 Å². The van der Waals surface area contributed by atoms with Gasteiger partial charge in [-0.05, 0) is 36.7 Å². The highest BCUT2D eigenvalue weighted by Crippen LogP contribution is 2.32. The van der Waals surface area contributed by atoms with Crippen LogP contribution >= 0.6 is 11.6 Å². The Morgan fingerprint density at radius 1 is 1.15 bits per heavy atom. The molecule has 106 valence electrons. The van der Waals surface area contributed by atoms with Crippen LogP contribution in [-0.4, -0.2) is 6.54 Å². The first-order valence-electron chi connectivity index (χ1n) is 6.48. The summed E-state index contributed by atoms with van der Waals surface area (Å²) < 4.78 is 28.4. The molecule has 0 aromatic heterocycles. The van der Waals surface area contributed by atoms with Crippen LogP contribution in [0.4, 0.5) is 8.78 Å². The summed E-state index contributed by atoms with van der Waals surface area (Å²) in [6, 6.07) is 9.20. The molecule has 2 aromatic rings. The van der Waals surface area contributed by atoms with Gasteiger partial charge in [-0.1, -0.05) is 42.8 Å². The lowest BCUT2D eigenvalue weighted by molar-refractivity contribution is 0.506. The van der Waals surface area contributed by atoms with Crippen molar-refractivity contribution in [3.8, 4) is 0 Å². The lowest BCUT2D eigenvalue weighted by Crippen LogP contribution is -2.24. The third kappa shape index (κ3) is 2.84. The lowest BCUT2D eigenvalue weighted by Gasteiger charge is -2.22. The second kappa shape index (κ2) is 6.33. The van der Waals surface area contributed by atoms with Gasteiger partial charge in [-0.25, -0.2) is 8.78 Å². The quantitative estimate of drug-likeness (QED) is 0.867. The van der Waals surface area contributed by atoms with Gasteiger partial charge in [0.15, 0.2) is 0 Å². The summed E-state index contributed by atoms with van der Waals surface area (Å²) in [4.78, 5) is 0. The average molecular weight is 296 g/mol. The minimum atomic E-state index is -0.603. The van der Waals surface area contributed by atoms with Gasteiger partial charge in [-0.15, -0.1) is 0 Å². The topological polar surface area (TPSA) is 12.0 Å². The fraction of sp³-hybridized carbons (Fsp3) is 0.250. The predicted octanol–water partition coefficient (Wildman–Crippen LogP) is 4.63. The van der Waals surface area contributed by atoms with E-state index in [-0.39, 0.29) is 5.56 Å². The third-order valence-electron chi connectivity index (χ3n) is 3.23. The number of halogens is 3. The zero-order valence-corrected chi connectivity index (χ0v) is 12.1. The Morgan fingerprint density at radius 3 is 2.50 bits per heavy atom. The van der Waals surface area contributed by atoms with Crippen molar-refractivity contribution < 1.29 is 8.78 Å². The summed E-state index contributed by atoms with van der Waals surface area (Å²) in [6.45, 7) is 4.08. The van der Waals surface area contributed by atoms with Crippen molar-refractivity contribution in [1.82, 2.24) is 5.32 Å². The second-order valence-electron chi connectivity index (χ2n) is 4.60. The molecule has 0 spiro atoms. The minimum absolute atomic E-state index is 0.0138. The van der Waals surface area contributed by atoms with E-state index in [1.807, 2.05) is 6.92 Å². The maximum absolute atomic E-state index is 14.3. The van der Waals surface area contributed by atoms with E-state index in [4.69, 9.17) is 11.6 Å². The maximum atomic E-state index is 14.3. The first kappa shape index (κ1) is 14.9. The van der Waals surface area contributed by atoms with Gasteiger partial charge in [-0.3, -0.25) is 0 Å². The molecule has 1 nitrogen and oxygen atoms in total. The first-order chi connectivity index (χ1) is 9.56. The number of hydrogen-bond acceptors (Lipinski definition) is 1. The van der Waals surface area contributed by atoms with E-state index >= 15 is 0 Å². The molecule has 2 rings (SSSR count). The maximum Gasteiger partial charge on any atom is 0.134 e. The first-order valence-corrected chi connectivity index (χ1v) is 6.86. The molecule has 20 heavy (non-hydrogen) atoms. The zero-order valence-electron chi connectivity index (χ0n) is 11.4. The molecule has 0 saturated carbocycles. The summed E-state index contributed by atoms with van der Waals surface area (Å²) in [5, 5.41) is 3.59. The molecular formula is C16H16ClF2N. The fourth-order valence-electron chi connectivity index (χ4n) is 2.22. The molecule has 2 aromatic carbocycles. The van der Waals surface area contributed by atoms with E-state index in [0.29, 0.717) is 22.7 Å². The molecule has 0 bridgehead atoms.